The van der Waals surface area contributed by atoms with Crippen LogP contribution in [-0.2, 0) is 6.54 Å². The molecule has 0 saturated heterocycles. The molecule has 7 heteroatoms. The third-order valence-corrected chi connectivity index (χ3v) is 5.55. The monoisotopic (exact) mass is 414 g/mol. The molecular weight excluding hydrogens is 397 g/mol. The molecule has 0 fully saturated rings. The Labute approximate surface area is 169 Å². The summed E-state index contributed by atoms with van der Waals surface area (Å²) in [5.74, 6) is -0.497. The van der Waals surface area contributed by atoms with Gasteiger partial charge in [0.2, 0.25) is 5.91 Å². The number of halogens is 3. The van der Waals surface area contributed by atoms with Crippen molar-refractivity contribution in [2.75, 3.05) is 0 Å². The van der Waals surface area contributed by atoms with E-state index in [0.29, 0.717) is 12.1 Å². The van der Waals surface area contributed by atoms with Gasteiger partial charge in [-0.2, -0.15) is 13.2 Å². The van der Waals surface area contributed by atoms with Crippen LogP contribution in [0.3, 0.4) is 0 Å². The smallest absolute Gasteiger partial charge is 0.366 e. The van der Waals surface area contributed by atoms with Gasteiger partial charge in [-0.05, 0) is 60.1 Å². The molecule has 148 valence electrons. The van der Waals surface area contributed by atoms with Crippen LogP contribution in [0.25, 0.3) is 21.8 Å². The number of nitrogens with zero attached hydrogens (tertiary/aromatic N) is 1. The zero-order valence-corrected chi connectivity index (χ0v) is 16.3. The fourth-order valence-corrected chi connectivity index (χ4v) is 4.15. The van der Waals surface area contributed by atoms with Crippen LogP contribution >= 0.6 is 11.8 Å². The van der Waals surface area contributed by atoms with Crippen molar-refractivity contribution in [3.8, 4) is 0 Å². The summed E-state index contributed by atoms with van der Waals surface area (Å²) < 4.78 is 39.7. The molecule has 0 aliphatic heterocycles. The van der Waals surface area contributed by atoms with E-state index in [0.717, 1.165) is 32.9 Å². The Morgan fingerprint density at radius 1 is 1.03 bits per heavy atom. The third kappa shape index (κ3) is 3.82. The summed E-state index contributed by atoms with van der Waals surface area (Å²) in [6.07, 6.45) is 0. The standard InChI is InChI=1S/C22H17F3N2OS/c1-13-5-10-16-19(11-13)27(18-4-2-3-17(20(16)18)21(26)28)12-14-6-8-15(9-7-14)29-22(23,24)25/h2-11H,12H2,1H3,(H2,26,28). The lowest BCUT2D eigenvalue weighted by atomic mass is 10.1. The van der Waals surface area contributed by atoms with E-state index in [2.05, 4.69) is 4.57 Å². The molecule has 1 heterocycles. The van der Waals surface area contributed by atoms with Crippen LogP contribution in [-0.4, -0.2) is 16.0 Å². The van der Waals surface area contributed by atoms with Gasteiger partial charge in [0.25, 0.3) is 0 Å². The first-order valence-electron chi connectivity index (χ1n) is 8.89. The van der Waals surface area contributed by atoms with Gasteiger partial charge in [-0.1, -0.05) is 30.3 Å². The van der Waals surface area contributed by atoms with Crippen molar-refractivity contribution in [1.29, 1.82) is 0 Å². The second-order valence-electron chi connectivity index (χ2n) is 6.86. The predicted octanol–water partition coefficient (Wildman–Crippen LogP) is 5.86. The van der Waals surface area contributed by atoms with Gasteiger partial charge in [0.1, 0.15) is 0 Å². The largest absolute Gasteiger partial charge is 0.446 e. The van der Waals surface area contributed by atoms with Crippen molar-refractivity contribution in [3.05, 3.63) is 77.4 Å². The maximum Gasteiger partial charge on any atom is 0.446 e. The third-order valence-electron chi connectivity index (χ3n) is 4.81. The van der Waals surface area contributed by atoms with Crippen LogP contribution in [0.15, 0.2) is 65.6 Å². The van der Waals surface area contributed by atoms with Crippen molar-refractivity contribution in [2.24, 2.45) is 5.73 Å². The molecule has 1 amide bonds. The summed E-state index contributed by atoms with van der Waals surface area (Å²) in [6, 6.07) is 17.7. The number of alkyl halides is 3. The van der Waals surface area contributed by atoms with E-state index >= 15 is 0 Å². The maximum atomic E-state index is 12.6. The minimum Gasteiger partial charge on any atom is -0.366 e. The number of nitrogens with two attached hydrogens (primary N) is 1. The quantitative estimate of drug-likeness (QED) is 0.425. The first-order chi connectivity index (χ1) is 13.7. The maximum absolute atomic E-state index is 12.6. The minimum atomic E-state index is -4.31. The summed E-state index contributed by atoms with van der Waals surface area (Å²) in [5.41, 5.74) is 5.46. The lowest BCUT2D eigenvalue weighted by Gasteiger charge is -2.10. The van der Waals surface area contributed by atoms with Crippen molar-refractivity contribution in [3.63, 3.8) is 0 Å². The van der Waals surface area contributed by atoms with Gasteiger partial charge in [-0.3, -0.25) is 4.79 Å². The molecule has 0 bridgehead atoms. The fraction of sp³-hybridized carbons (Fsp3) is 0.136. The molecule has 0 spiro atoms. The first-order valence-corrected chi connectivity index (χ1v) is 9.70. The molecule has 0 saturated carbocycles. The van der Waals surface area contributed by atoms with Crippen molar-refractivity contribution < 1.29 is 18.0 Å². The predicted molar refractivity (Wildman–Crippen MR) is 110 cm³/mol. The molecule has 0 radical (unpaired) electrons. The van der Waals surface area contributed by atoms with E-state index in [4.69, 9.17) is 5.73 Å². The van der Waals surface area contributed by atoms with Crippen molar-refractivity contribution >= 4 is 39.5 Å². The minimum absolute atomic E-state index is 0.129. The number of thioether (sulfide) groups is 1. The number of amides is 1. The van der Waals surface area contributed by atoms with Gasteiger partial charge in [-0.25, -0.2) is 0 Å². The Morgan fingerprint density at radius 2 is 1.76 bits per heavy atom. The molecule has 29 heavy (non-hydrogen) atoms. The summed E-state index contributed by atoms with van der Waals surface area (Å²) in [5, 5.41) is 1.71. The number of rotatable bonds is 4. The first kappa shape index (κ1) is 19.4. The van der Waals surface area contributed by atoms with Crippen LogP contribution in [0.5, 0.6) is 0 Å². The van der Waals surface area contributed by atoms with Crippen molar-refractivity contribution in [1.82, 2.24) is 4.57 Å². The highest BCUT2D eigenvalue weighted by atomic mass is 32.2. The summed E-state index contributed by atoms with van der Waals surface area (Å²) in [4.78, 5) is 12.1. The topological polar surface area (TPSA) is 48.0 Å². The van der Waals surface area contributed by atoms with Gasteiger partial charge in [0, 0.05) is 33.3 Å². The lowest BCUT2D eigenvalue weighted by Crippen LogP contribution is -2.11. The van der Waals surface area contributed by atoms with Crippen LogP contribution in [0.4, 0.5) is 13.2 Å². The Balaban J connectivity index is 1.83. The van der Waals surface area contributed by atoms with E-state index in [-0.39, 0.29) is 16.7 Å². The van der Waals surface area contributed by atoms with Crippen LogP contribution in [0, 0.1) is 6.92 Å². The van der Waals surface area contributed by atoms with Gasteiger partial charge < -0.3 is 10.3 Å². The van der Waals surface area contributed by atoms with Gasteiger partial charge in [0.05, 0.1) is 5.52 Å². The normalized spacial score (nSPS) is 12.0. The van der Waals surface area contributed by atoms with E-state index < -0.39 is 11.4 Å². The van der Waals surface area contributed by atoms with Crippen molar-refractivity contribution in [2.45, 2.75) is 23.9 Å². The summed E-state index contributed by atoms with van der Waals surface area (Å²) >= 11 is -0.129. The average molecular weight is 414 g/mol. The Morgan fingerprint density at radius 3 is 2.41 bits per heavy atom. The van der Waals surface area contributed by atoms with E-state index in [9.17, 15) is 18.0 Å². The molecule has 0 aliphatic rings. The molecule has 2 N–H and O–H groups in total. The number of aryl methyl sites for hydroxylation is 1. The number of hydrogen-bond acceptors (Lipinski definition) is 2. The second-order valence-corrected chi connectivity index (χ2v) is 8.00. The van der Waals surface area contributed by atoms with Crippen LogP contribution in [0.2, 0.25) is 0 Å². The van der Waals surface area contributed by atoms with E-state index in [1.807, 2.05) is 31.2 Å². The molecule has 0 aliphatic carbocycles. The van der Waals surface area contributed by atoms with E-state index in [1.54, 1.807) is 24.3 Å². The number of benzene rings is 3. The van der Waals surface area contributed by atoms with Gasteiger partial charge in [0.15, 0.2) is 0 Å². The number of carbonyl (C=O) groups is 1. The highest BCUT2D eigenvalue weighted by Crippen LogP contribution is 2.37. The zero-order chi connectivity index (χ0) is 20.8. The lowest BCUT2D eigenvalue weighted by molar-refractivity contribution is -0.0328. The summed E-state index contributed by atoms with van der Waals surface area (Å²) in [6.45, 7) is 2.45. The fourth-order valence-electron chi connectivity index (χ4n) is 3.61. The number of aromatic nitrogens is 1. The molecule has 3 nitrogen and oxygen atoms in total. The number of hydrogen-bond donors (Lipinski definition) is 1. The highest BCUT2D eigenvalue weighted by Gasteiger charge is 2.29. The zero-order valence-electron chi connectivity index (χ0n) is 15.5. The highest BCUT2D eigenvalue weighted by molar-refractivity contribution is 8.00. The van der Waals surface area contributed by atoms with Gasteiger partial charge in [-0.15, -0.1) is 0 Å². The van der Waals surface area contributed by atoms with Crippen LogP contribution in [0.1, 0.15) is 21.5 Å². The average Bonchev–Trinajstić information content (AvgIpc) is 2.95. The molecule has 1 aromatic heterocycles. The number of carbonyl (C=O) groups excluding carboxylic acids is 1. The molecule has 3 aromatic carbocycles. The molecule has 4 rings (SSSR count). The van der Waals surface area contributed by atoms with E-state index in [1.165, 1.54) is 12.1 Å². The summed E-state index contributed by atoms with van der Waals surface area (Å²) in [7, 11) is 0. The Hall–Kier alpha value is -2.93. The number of primary amides is 1. The number of fused-ring (bicyclic) bond motifs is 3. The van der Waals surface area contributed by atoms with Gasteiger partial charge >= 0.3 is 5.51 Å². The molecule has 4 aromatic rings. The van der Waals surface area contributed by atoms with Crippen LogP contribution < -0.4 is 5.73 Å². The Bertz CT molecular complexity index is 1230. The Kier molecular flexibility index (Phi) is 4.78. The molecular formula is C22H17F3N2OS. The SMILES string of the molecule is Cc1ccc2c3c(C(N)=O)cccc3n(Cc3ccc(SC(F)(F)F)cc3)c2c1. The molecule has 0 unspecified atom stereocenters. The second kappa shape index (κ2) is 7.15. The molecule has 0 atom stereocenters.